The molecule has 0 fully saturated rings. The van der Waals surface area contributed by atoms with E-state index < -0.39 is 17.5 Å². The Kier molecular flexibility index (Phi) is 5.93. The van der Waals surface area contributed by atoms with E-state index in [1.165, 1.54) is 10.9 Å². The van der Waals surface area contributed by atoms with Gasteiger partial charge in [0.1, 0.15) is 5.56 Å². The average Bonchev–Trinajstić information content (AvgIpc) is 3.29. The first kappa shape index (κ1) is 20.5. The zero-order valence-corrected chi connectivity index (χ0v) is 17.1. The first-order valence-electron chi connectivity index (χ1n) is 8.93. The Hall–Kier alpha value is -3.26. The lowest BCUT2D eigenvalue weighted by molar-refractivity contribution is -0.385. The molecule has 3 aromatic rings. The second kappa shape index (κ2) is 8.40. The van der Waals surface area contributed by atoms with Crippen LogP contribution in [0.25, 0.3) is 0 Å². The highest BCUT2D eigenvalue weighted by Gasteiger charge is 2.25. The highest BCUT2D eigenvalue weighted by atomic mass is 32.1. The standard InChI is InChI=1S/C21H20N2O5S/c1-13-6-4-8-17(20(13)23(26)27)21(25)28-12-19(24)18-10-14(2)22(15(18)3)11-16-7-5-9-29-16/h4-10H,11-12H2,1-3H3. The molecular weight excluding hydrogens is 392 g/mol. The minimum Gasteiger partial charge on any atom is -0.454 e. The van der Waals surface area contributed by atoms with Crippen LogP contribution in [0.1, 0.15) is 42.5 Å². The van der Waals surface area contributed by atoms with Crippen LogP contribution >= 0.6 is 11.3 Å². The van der Waals surface area contributed by atoms with Crippen LogP contribution < -0.4 is 0 Å². The Balaban J connectivity index is 1.74. The summed E-state index contributed by atoms with van der Waals surface area (Å²) in [6.07, 6.45) is 0. The highest BCUT2D eigenvalue weighted by Crippen LogP contribution is 2.24. The smallest absolute Gasteiger partial charge is 0.345 e. The molecule has 0 bridgehead atoms. The Morgan fingerprint density at radius 2 is 1.90 bits per heavy atom. The molecule has 0 aliphatic heterocycles. The van der Waals surface area contributed by atoms with Gasteiger partial charge in [-0.3, -0.25) is 14.9 Å². The summed E-state index contributed by atoms with van der Waals surface area (Å²) in [7, 11) is 0. The van der Waals surface area contributed by atoms with Crippen LogP contribution in [0.5, 0.6) is 0 Å². The average molecular weight is 412 g/mol. The number of para-hydroxylation sites is 1. The summed E-state index contributed by atoms with van der Waals surface area (Å²) in [6, 6.07) is 10.2. The number of aryl methyl sites for hydroxylation is 2. The number of benzene rings is 1. The van der Waals surface area contributed by atoms with Crippen molar-refractivity contribution in [1.82, 2.24) is 4.57 Å². The van der Waals surface area contributed by atoms with Crippen LogP contribution in [0.4, 0.5) is 5.69 Å². The number of nitro groups is 1. The number of ketones is 1. The van der Waals surface area contributed by atoms with Gasteiger partial charge in [0.25, 0.3) is 5.69 Å². The lowest BCUT2D eigenvalue weighted by Crippen LogP contribution is -2.16. The van der Waals surface area contributed by atoms with Gasteiger partial charge in [0.15, 0.2) is 6.61 Å². The molecule has 150 valence electrons. The third kappa shape index (κ3) is 4.27. The third-order valence-corrected chi connectivity index (χ3v) is 5.60. The predicted molar refractivity (Wildman–Crippen MR) is 110 cm³/mol. The lowest BCUT2D eigenvalue weighted by atomic mass is 10.1. The summed E-state index contributed by atoms with van der Waals surface area (Å²) < 4.78 is 7.13. The van der Waals surface area contributed by atoms with E-state index in [-0.39, 0.29) is 17.0 Å². The van der Waals surface area contributed by atoms with Gasteiger partial charge in [-0.1, -0.05) is 18.2 Å². The number of ether oxygens (including phenoxy) is 1. The molecule has 29 heavy (non-hydrogen) atoms. The molecule has 1 aromatic carbocycles. The molecule has 0 amide bonds. The van der Waals surface area contributed by atoms with Crippen LogP contribution in [0, 0.1) is 30.9 Å². The van der Waals surface area contributed by atoms with Crippen LogP contribution in [0.2, 0.25) is 0 Å². The Labute approximate surface area is 171 Å². The Morgan fingerprint density at radius 1 is 1.14 bits per heavy atom. The quantitative estimate of drug-likeness (QED) is 0.247. The molecular formula is C21H20N2O5S. The van der Waals surface area contributed by atoms with E-state index in [2.05, 4.69) is 0 Å². The van der Waals surface area contributed by atoms with Gasteiger partial charge in [-0.25, -0.2) is 4.79 Å². The molecule has 0 saturated carbocycles. The molecule has 8 heteroatoms. The maximum atomic E-state index is 12.6. The molecule has 0 spiro atoms. The maximum absolute atomic E-state index is 12.6. The van der Waals surface area contributed by atoms with Crippen molar-refractivity contribution in [3.05, 3.63) is 84.8 Å². The molecule has 0 atom stereocenters. The van der Waals surface area contributed by atoms with Crippen LogP contribution in [0.15, 0.2) is 41.8 Å². The lowest BCUT2D eigenvalue weighted by Gasteiger charge is -2.09. The van der Waals surface area contributed by atoms with Crippen molar-refractivity contribution in [2.45, 2.75) is 27.3 Å². The number of nitrogens with zero attached hydrogens (tertiary/aromatic N) is 2. The van der Waals surface area contributed by atoms with Crippen LogP contribution in [-0.4, -0.2) is 27.8 Å². The monoisotopic (exact) mass is 412 g/mol. The van der Waals surface area contributed by atoms with E-state index in [0.717, 1.165) is 11.4 Å². The van der Waals surface area contributed by atoms with Gasteiger partial charge in [-0.05, 0) is 44.4 Å². The zero-order valence-electron chi connectivity index (χ0n) is 16.3. The topological polar surface area (TPSA) is 91.4 Å². The van der Waals surface area contributed by atoms with Crippen molar-refractivity contribution in [3.8, 4) is 0 Å². The Morgan fingerprint density at radius 3 is 2.55 bits per heavy atom. The van der Waals surface area contributed by atoms with E-state index in [0.29, 0.717) is 17.7 Å². The van der Waals surface area contributed by atoms with E-state index in [1.807, 2.05) is 35.9 Å². The van der Waals surface area contributed by atoms with E-state index >= 15 is 0 Å². The van der Waals surface area contributed by atoms with Gasteiger partial charge < -0.3 is 9.30 Å². The number of thiophene rings is 1. The number of hydrogen-bond donors (Lipinski definition) is 0. The molecule has 0 aliphatic carbocycles. The number of nitro benzene ring substituents is 1. The Bertz CT molecular complexity index is 1080. The number of aromatic nitrogens is 1. The highest BCUT2D eigenvalue weighted by molar-refractivity contribution is 7.09. The van der Waals surface area contributed by atoms with Gasteiger partial charge in [0.2, 0.25) is 5.78 Å². The molecule has 2 aromatic heterocycles. The molecule has 2 heterocycles. The first-order chi connectivity index (χ1) is 13.8. The fourth-order valence-electron chi connectivity index (χ4n) is 3.24. The molecule has 0 N–H and O–H groups in total. The predicted octanol–water partition coefficient (Wildman–Crippen LogP) is 4.47. The van der Waals surface area contributed by atoms with Crippen molar-refractivity contribution in [2.75, 3.05) is 6.61 Å². The molecule has 7 nitrogen and oxygen atoms in total. The number of carbonyl (C=O) groups excluding carboxylic acids is 2. The van der Waals surface area contributed by atoms with Gasteiger partial charge in [0, 0.05) is 27.4 Å². The molecule has 0 saturated heterocycles. The summed E-state index contributed by atoms with van der Waals surface area (Å²) in [4.78, 5) is 36.8. The van der Waals surface area contributed by atoms with Crippen molar-refractivity contribution < 1.29 is 19.2 Å². The van der Waals surface area contributed by atoms with Gasteiger partial charge in [-0.2, -0.15) is 0 Å². The van der Waals surface area contributed by atoms with E-state index in [9.17, 15) is 19.7 Å². The molecule has 0 aliphatic rings. The second-order valence-corrected chi connectivity index (χ2v) is 7.71. The summed E-state index contributed by atoms with van der Waals surface area (Å²) in [5, 5.41) is 13.3. The minimum absolute atomic E-state index is 0.161. The first-order valence-corrected chi connectivity index (χ1v) is 9.81. The molecule has 0 unspecified atom stereocenters. The summed E-state index contributed by atoms with van der Waals surface area (Å²) in [5.41, 5.74) is 2.09. The van der Waals surface area contributed by atoms with Crippen LogP contribution in [-0.2, 0) is 11.3 Å². The SMILES string of the molecule is Cc1cccc(C(=O)OCC(=O)c2cc(C)n(Cc3cccs3)c2C)c1[N+](=O)[O-]. The van der Waals surface area contributed by atoms with Crippen molar-refractivity contribution in [2.24, 2.45) is 0 Å². The molecule has 0 radical (unpaired) electrons. The third-order valence-electron chi connectivity index (χ3n) is 4.74. The number of rotatable bonds is 7. The fourth-order valence-corrected chi connectivity index (χ4v) is 3.93. The summed E-state index contributed by atoms with van der Waals surface area (Å²) >= 11 is 1.64. The number of esters is 1. The fraction of sp³-hybridized carbons (Fsp3) is 0.238. The normalized spacial score (nSPS) is 10.7. The molecule has 3 rings (SSSR count). The number of carbonyl (C=O) groups is 2. The van der Waals surface area contributed by atoms with Crippen molar-refractivity contribution in [1.29, 1.82) is 0 Å². The largest absolute Gasteiger partial charge is 0.454 e. The van der Waals surface area contributed by atoms with E-state index in [4.69, 9.17) is 4.74 Å². The number of hydrogen-bond acceptors (Lipinski definition) is 6. The maximum Gasteiger partial charge on any atom is 0.345 e. The van der Waals surface area contributed by atoms with E-state index in [1.54, 1.807) is 36.5 Å². The summed E-state index contributed by atoms with van der Waals surface area (Å²) in [5.74, 6) is -1.24. The second-order valence-electron chi connectivity index (χ2n) is 6.68. The van der Waals surface area contributed by atoms with Gasteiger partial charge >= 0.3 is 5.97 Å². The zero-order chi connectivity index (χ0) is 21.1. The summed E-state index contributed by atoms with van der Waals surface area (Å²) in [6.45, 7) is 5.49. The van der Waals surface area contributed by atoms with Gasteiger partial charge in [-0.15, -0.1) is 11.3 Å². The number of Topliss-reactive ketones (excluding diaryl/α,β-unsaturated/α-hetero) is 1. The minimum atomic E-state index is -0.888. The van der Waals surface area contributed by atoms with Gasteiger partial charge in [0.05, 0.1) is 11.5 Å². The van der Waals surface area contributed by atoms with Crippen molar-refractivity contribution in [3.63, 3.8) is 0 Å². The van der Waals surface area contributed by atoms with Crippen molar-refractivity contribution >= 4 is 28.8 Å². The van der Waals surface area contributed by atoms with Crippen LogP contribution in [0.3, 0.4) is 0 Å².